The van der Waals surface area contributed by atoms with Gasteiger partial charge in [0.05, 0.1) is 28.4 Å². The third-order valence-electron chi connectivity index (χ3n) is 2.84. The van der Waals surface area contributed by atoms with Crippen molar-refractivity contribution in [3.05, 3.63) is 41.2 Å². The fourth-order valence-electron chi connectivity index (χ4n) is 1.78. The van der Waals surface area contributed by atoms with Crippen LogP contribution in [-0.2, 0) is 4.79 Å². The smallest absolute Gasteiger partial charge is 0.335 e. The molecule has 0 radical (unpaired) electrons. The van der Waals surface area contributed by atoms with Crippen LogP contribution in [0, 0.1) is 13.8 Å². The summed E-state index contributed by atoms with van der Waals surface area (Å²) < 4.78 is 0. The summed E-state index contributed by atoms with van der Waals surface area (Å²) in [6.07, 6.45) is 0. The number of benzene rings is 1. The number of aromatic amines is 1. The van der Waals surface area contributed by atoms with Gasteiger partial charge in [-0.3, -0.25) is 9.89 Å². The Morgan fingerprint density at radius 1 is 1.38 bits per heavy atom. The monoisotopic (exact) mass is 305 g/mol. The number of carboxylic acids is 1. The minimum atomic E-state index is -0.980. The van der Waals surface area contributed by atoms with E-state index in [1.165, 1.54) is 17.8 Å². The van der Waals surface area contributed by atoms with Crippen molar-refractivity contribution in [3.63, 3.8) is 0 Å². The zero-order chi connectivity index (χ0) is 15.4. The van der Waals surface area contributed by atoms with Gasteiger partial charge in [0.2, 0.25) is 5.91 Å². The zero-order valence-electron chi connectivity index (χ0n) is 11.6. The summed E-state index contributed by atoms with van der Waals surface area (Å²) in [5, 5.41) is 18.5. The molecule has 0 saturated heterocycles. The molecular weight excluding hydrogens is 290 g/mol. The van der Waals surface area contributed by atoms with Crippen LogP contribution >= 0.6 is 11.8 Å². The van der Waals surface area contributed by atoms with Gasteiger partial charge in [0.1, 0.15) is 0 Å². The van der Waals surface area contributed by atoms with Crippen molar-refractivity contribution >= 4 is 29.3 Å². The highest BCUT2D eigenvalue weighted by Gasteiger charge is 2.11. The second-order valence-electron chi connectivity index (χ2n) is 4.48. The number of aromatic carboxylic acids is 1. The van der Waals surface area contributed by atoms with E-state index in [0.29, 0.717) is 5.69 Å². The van der Waals surface area contributed by atoms with E-state index in [1.54, 1.807) is 18.2 Å². The number of anilines is 1. The van der Waals surface area contributed by atoms with Crippen LogP contribution in [0.4, 0.5) is 5.69 Å². The van der Waals surface area contributed by atoms with Gasteiger partial charge in [-0.25, -0.2) is 4.79 Å². The first kappa shape index (κ1) is 15.1. The molecule has 0 bridgehead atoms. The van der Waals surface area contributed by atoms with Crippen LogP contribution in [0.25, 0.3) is 0 Å². The van der Waals surface area contributed by atoms with Crippen LogP contribution in [0.2, 0.25) is 0 Å². The molecule has 1 aromatic carbocycles. The number of nitrogens with zero attached hydrogens (tertiary/aromatic N) is 1. The first-order chi connectivity index (χ1) is 9.97. The number of hydrogen-bond acceptors (Lipinski definition) is 4. The summed E-state index contributed by atoms with van der Waals surface area (Å²) in [7, 11) is 0. The topological polar surface area (TPSA) is 95.1 Å². The van der Waals surface area contributed by atoms with E-state index in [2.05, 4.69) is 15.5 Å². The van der Waals surface area contributed by atoms with Gasteiger partial charge in [-0.2, -0.15) is 5.10 Å². The summed E-state index contributed by atoms with van der Waals surface area (Å²) in [5.41, 5.74) is 2.44. The largest absolute Gasteiger partial charge is 0.478 e. The van der Waals surface area contributed by atoms with Gasteiger partial charge in [-0.1, -0.05) is 6.07 Å². The molecule has 110 valence electrons. The first-order valence-corrected chi connectivity index (χ1v) is 7.23. The van der Waals surface area contributed by atoms with Crippen molar-refractivity contribution in [2.75, 3.05) is 11.1 Å². The Morgan fingerprint density at radius 2 is 2.14 bits per heavy atom. The van der Waals surface area contributed by atoms with Crippen LogP contribution in [0.15, 0.2) is 29.2 Å². The predicted octanol–water partition coefficient (Wildman–Crippen LogP) is 2.46. The Hall–Kier alpha value is -2.28. The molecule has 2 aromatic rings. The Kier molecular flexibility index (Phi) is 4.64. The summed E-state index contributed by atoms with van der Waals surface area (Å²) in [6.45, 7) is 3.64. The van der Waals surface area contributed by atoms with Gasteiger partial charge in [-0.15, -0.1) is 11.8 Å². The first-order valence-electron chi connectivity index (χ1n) is 6.25. The maximum Gasteiger partial charge on any atom is 0.335 e. The lowest BCUT2D eigenvalue weighted by atomic mass is 10.2. The van der Waals surface area contributed by atoms with Crippen molar-refractivity contribution in [3.8, 4) is 0 Å². The quantitative estimate of drug-likeness (QED) is 0.738. The molecule has 0 aliphatic heterocycles. The van der Waals surface area contributed by atoms with E-state index < -0.39 is 5.97 Å². The maximum atomic E-state index is 11.9. The van der Waals surface area contributed by atoms with Crippen molar-refractivity contribution in [1.29, 1.82) is 0 Å². The molecule has 7 heteroatoms. The van der Waals surface area contributed by atoms with Crippen molar-refractivity contribution in [2.45, 2.75) is 18.7 Å². The number of aromatic nitrogens is 2. The number of carbonyl (C=O) groups excluding carboxylic acids is 1. The molecule has 0 atom stereocenters. The van der Waals surface area contributed by atoms with Gasteiger partial charge >= 0.3 is 5.97 Å². The highest BCUT2D eigenvalue weighted by molar-refractivity contribution is 8.00. The molecule has 6 nitrogen and oxygen atoms in total. The predicted molar refractivity (Wildman–Crippen MR) is 80.8 cm³/mol. The van der Waals surface area contributed by atoms with Crippen LogP contribution < -0.4 is 5.32 Å². The number of carboxylic acid groups (broad SMARTS) is 1. The van der Waals surface area contributed by atoms with Crippen LogP contribution in [0.5, 0.6) is 0 Å². The Bertz CT molecular complexity index is 662. The standard InChI is InChI=1S/C14H15N3O3S/c1-8-13(9(2)17-16-8)15-12(18)7-21-11-5-3-4-10(6-11)14(19)20/h3-6H,7H2,1-2H3,(H,15,18)(H,16,17)(H,19,20). The van der Waals surface area contributed by atoms with Crippen molar-refractivity contribution in [1.82, 2.24) is 10.2 Å². The van der Waals surface area contributed by atoms with E-state index in [1.807, 2.05) is 13.8 Å². The Morgan fingerprint density at radius 3 is 2.76 bits per heavy atom. The second-order valence-corrected chi connectivity index (χ2v) is 5.53. The van der Waals surface area contributed by atoms with E-state index in [9.17, 15) is 9.59 Å². The minimum absolute atomic E-state index is 0.159. The zero-order valence-corrected chi connectivity index (χ0v) is 12.5. The lowest BCUT2D eigenvalue weighted by molar-refractivity contribution is -0.113. The third-order valence-corrected chi connectivity index (χ3v) is 3.84. The van der Waals surface area contributed by atoms with Crippen LogP contribution in [0.3, 0.4) is 0 Å². The third kappa shape index (κ3) is 3.85. The average molecular weight is 305 g/mol. The number of thioether (sulfide) groups is 1. The lowest BCUT2D eigenvalue weighted by Gasteiger charge is -2.05. The van der Waals surface area contributed by atoms with Gasteiger partial charge in [0.15, 0.2) is 0 Å². The molecule has 1 aromatic heterocycles. The average Bonchev–Trinajstić information content (AvgIpc) is 2.77. The normalized spacial score (nSPS) is 10.4. The minimum Gasteiger partial charge on any atom is -0.478 e. The molecule has 1 heterocycles. The highest BCUT2D eigenvalue weighted by Crippen LogP contribution is 2.21. The highest BCUT2D eigenvalue weighted by atomic mass is 32.2. The SMILES string of the molecule is Cc1n[nH]c(C)c1NC(=O)CSc1cccc(C(=O)O)c1. The summed E-state index contributed by atoms with van der Waals surface area (Å²) in [5.74, 6) is -0.937. The number of H-pyrrole nitrogens is 1. The molecule has 0 unspecified atom stereocenters. The van der Waals surface area contributed by atoms with Gasteiger partial charge in [-0.05, 0) is 32.0 Å². The fraction of sp³-hybridized carbons (Fsp3) is 0.214. The molecule has 0 fully saturated rings. The summed E-state index contributed by atoms with van der Waals surface area (Å²) in [4.78, 5) is 23.5. The molecule has 21 heavy (non-hydrogen) atoms. The molecule has 0 spiro atoms. The van der Waals surface area contributed by atoms with Crippen molar-refractivity contribution in [2.24, 2.45) is 0 Å². The van der Waals surface area contributed by atoms with Gasteiger partial charge in [0.25, 0.3) is 0 Å². The number of nitrogens with one attached hydrogen (secondary N) is 2. The lowest BCUT2D eigenvalue weighted by Crippen LogP contribution is -2.15. The number of amides is 1. The summed E-state index contributed by atoms with van der Waals surface area (Å²) in [6, 6.07) is 6.51. The van der Waals surface area contributed by atoms with Crippen LogP contribution in [0.1, 0.15) is 21.7 Å². The maximum absolute atomic E-state index is 11.9. The molecule has 3 N–H and O–H groups in total. The van der Waals surface area contributed by atoms with Gasteiger partial charge in [0, 0.05) is 4.90 Å². The van der Waals surface area contributed by atoms with Crippen LogP contribution in [-0.4, -0.2) is 32.9 Å². The van der Waals surface area contributed by atoms with E-state index in [-0.39, 0.29) is 17.2 Å². The number of hydrogen-bond donors (Lipinski definition) is 3. The molecule has 0 saturated carbocycles. The number of rotatable bonds is 5. The number of carbonyl (C=O) groups is 2. The molecule has 1 amide bonds. The fourth-order valence-corrected chi connectivity index (χ4v) is 2.53. The molecule has 0 aliphatic rings. The van der Waals surface area contributed by atoms with E-state index in [0.717, 1.165) is 16.3 Å². The van der Waals surface area contributed by atoms with Gasteiger partial charge < -0.3 is 10.4 Å². The Balaban J connectivity index is 1.95. The van der Waals surface area contributed by atoms with Crippen molar-refractivity contribution < 1.29 is 14.7 Å². The number of aryl methyl sites for hydroxylation is 2. The molecule has 2 rings (SSSR count). The summed E-state index contributed by atoms with van der Waals surface area (Å²) >= 11 is 1.29. The van der Waals surface area contributed by atoms with E-state index in [4.69, 9.17) is 5.11 Å². The second kappa shape index (κ2) is 6.45. The Labute approximate surface area is 126 Å². The van der Waals surface area contributed by atoms with E-state index >= 15 is 0 Å². The molecular formula is C14H15N3O3S. The molecule has 0 aliphatic carbocycles.